The third-order valence-electron chi connectivity index (χ3n) is 5.84. The number of aromatic nitrogens is 1. The Kier molecular flexibility index (Phi) is 4.87. The van der Waals surface area contributed by atoms with Crippen molar-refractivity contribution in [2.75, 3.05) is 6.54 Å². The van der Waals surface area contributed by atoms with Crippen molar-refractivity contribution in [3.63, 3.8) is 0 Å². The van der Waals surface area contributed by atoms with Gasteiger partial charge in [0.1, 0.15) is 12.0 Å². The second-order valence-electron chi connectivity index (χ2n) is 7.85. The van der Waals surface area contributed by atoms with Crippen LogP contribution in [0.4, 0.5) is 4.39 Å². The van der Waals surface area contributed by atoms with Crippen molar-refractivity contribution in [3.05, 3.63) is 78.4 Å². The SMILES string of the molecule is CC1CN(C#N)C2[C@@H]1N2C(=O)c1ccc(-c2ccncc2Sc2ccc(F)cc2)cc1. The molecule has 5 rings (SSSR count). The summed E-state index contributed by atoms with van der Waals surface area (Å²) in [4.78, 5) is 22.6. The Balaban J connectivity index is 1.36. The van der Waals surface area contributed by atoms with Crippen LogP contribution in [0.5, 0.6) is 0 Å². The Hall–Kier alpha value is -3.37. The molecule has 0 saturated carbocycles. The summed E-state index contributed by atoms with van der Waals surface area (Å²) in [5.41, 5.74) is 2.59. The van der Waals surface area contributed by atoms with Gasteiger partial charge in [0.25, 0.3) is 5.91 Å². The summed E-state index contributed by atoms with van der Waals surface area (Å²) in [6.45, 7) is 2.79. The highest BCUT2D eigenvalue weighted by Crippen LogP contribution is 2.44. The summed E-state index contributed by atoms with van der Waals surface area (Å²) >= 11 is 1.52. The van der Waals surface area contributed by atoms with Gasteiger partial charge in [-0.05, 0) is 59.5 Å². The molecule has 0 N–H and O–H groups in total. The lowest BCUT2D eigenvalue weighted by atomic mass is 10.0. The summed E-state index contributed by atoms with van der Waals surface area (Å²) in [5, 5.41) is 9.27. The van der Waals surface area contributed by atoms with Crippen LogP contribution < -0.4 is 0 Å². The van der Waals surface area contributed by atoms with Crippen molar-refractivity contribution in [2.24, 2.45) is 5.92 Å². The zero-order chi connectivity index (χ0) is 21.5. The zero-order valence-electron chi connectivity index (χ0n) is 16.8. The molecule has 3 atom stereocenters. The quantitative estimate of drug-likeness (QED) is 0.446. The van der Waals surface area contributed by atoms with Gasteiger partial charge in [0.05, 0.1) is 6.04 Å². The number of nitrogens with zero attached hydrogens (tertiary/aromatic N) is 4. The first kappa shape index (κ1) is 19.6. The van der Waals surface area contributed by atoms with Crippen LogP contribution in [0.15, 0.2) is 76.8 Å². The average Bonchev–Trinajstić information content (AvgIpc) is 3.46. The Bertz CT molecular complexity index is 1180. The van der Waals surface area contributed by atoms with Gasteiger partial charge in [-0.25, -0.2) is 4.39 Å². The van der Waals surface area contributed by atoms with E-state index in [2.05, 4.69) is 18.1 Å². The van der Waals surface area contributed by atoms with E-state index in [9.17, 15) is 14.4 Å². The van der Waals surface area contributed by atoms with Crippen molar-refractivity contribution < 1.29 is 9.18 Å². The van der Waals surface area contributed by atoms with E-state index in [-0.39, 0.29) is 23.9 Å². The van der Waals surface area contributed by atoms with Crippen LogP contribution in [0.1, 0.15) is 17.3 Å². The highest BCUT2D eigenvalue weighted by molar-refractivity contribution is 7.99. The van der Waals surface area contributed by atoms with Gasteiger partial charge in [-0.2, -0.15) is 5.26 Å². The molecule has 2 fully saturated rings. The topological polar surface area (TPSA) is 60.0 Å². The van der Waals surface area contributed by atoms with E-state index in [0.29, 0.717) is 18.0 Å². The predicted octanol–water partition coefficient (Wildman–Crippen LogP) is 4.62. The molecular formula is C24H19FN4OS. The Morgan fingerprint density at radius 1 is 1.16 bits per heavy atom. The van der Waals surface area contributed by atoms with Gasteiger partial charge in [-0.1, -0.05) is 30.8 Å². The lowest BCUT2D eigenvalue weighted by molar-refractivity contribution is 0.0816. The minimum atomic E-state index is -0.265. The maximum Gasteiger partial charge on any atom is 0.255 e. The number of pyridine rings is 1. The van der Waals surface area contributed by atoms with E-state index < -0.39 is 0 Å². The number of amides is 1. The third-order valence-corrected chi connectivity index (χ3v) is 6.89. The van der Waals surface area contributed by atoms with Gasteiger partial charge in [-0.15, -0.1) is 0 Å². The molecule has 0 radical (unpaired) electrons. The molecule has 154 valence electrons. The minimum absolute atomic E-state index is 0.0380. The molecule has 0 spiro atoms. The van der Waals surface area contributed by atoms with Crippen LogP contribution in [0.25, 0.3) is 11.1 Å². The number of hydrogen-bond acceptors (Lipinski definition) is 5. The number of likely N-dealkylation sites (tertiary alicyclic amines) is 1. The van der Waals surface area contributed by atoms with Crippen LogP contribution in [0.3, 0.4) is 0 Å². The number of benzene rings is 2. The van der Waals surface area contributed by atoms with Gasteiger partial charge in [0.2, 0.25) is 0 Å². The summed E-state index contributed by atoms with van der Waals surface area (Å²) in [7, 11) is 0. The van der Waals surface area contributed by atoms with Gasteiger partial charge < -0.3 is 4.90 Å². The first-order chi connectivity index (χ1) is 15.1. The van der Waals surface area contributed by atoms with Crippen molar-refractivity contribution >= 4 is 17.7 Å². The van der Waals surface area contributed by atoms with Crippen molar-refractivity contribution in [3.8, 4) is 17.3 Å². The van der Waals surface area contributed by atoms with Crippen LogP contribution in [0, 0.1) is 23.2 Å². The van der Waals surface area contributed by atoms with E-state index in [0.717, 1.165) is 20.9 Å². The molecule has 1 aromatic heterocycles. The minimum Gasteiger partial charge on any atom is -0.308 e. The Labute approximate surface area is 184 Å². The number of hydrogen-bond donors (Lipinski definition) is 0. The lowest BCUT2D eigenvalue weighted by Gasteiger charge is -2.17. The van der Waals surface area contributed by atoms with Gasteiger partial charge >= 0.3 is 0 Å². The number of carbonyl (C=O) groups is 1. The number of halogens is 1. The smallest absolute Gasteiger partial charge is 0.255 e. The first-order valence-electron chi connectivity index (χ1n) is 10.0. The fourth-order valence-corrected chi connectivity index (χ4v) is 5.23. The molecule has 0 aliphatic carbocycles. The molecule has 2 unspecified atom stereocenters. The van der Waals surface area contributed by atoms with Crippen molar-refractivity contribution in [1.29, 1.82) is 5.26 Å². The van der Waals surface area contributed by atoms with Crippen molar-refractivity contribution in [2.45, 2.75) is 28.9 Å². The number of carbonyl (C=O) groups excluding carboxylic acids is 1. The fraction of sp³-hybridized carbons (Fsp3) is 0.208. The predicted molar refractivity (Wildman–Crippen MR) is 115 cm³/mol. The molecule has 2 aliphatic heterocycles. The molecule has 3 heterocycles. The summed E-state index contributed by atoms with van der Waals surface area (Å²) < 4.78 is 13.2. The number of fused-ring (bicyclic) bond motifs is 1. The second kappa shape index (κ2) is 7.71. The molecule has 1 amide bonds. The van der Waals surface area contributed by atoms with Gasteiger partial charge in [-0.3, -0.25) is 14.7 Å². The van der Waals surface area contributed by atoms with E-state index in [1.807, 2.05) is 30.3 Å². The van der Waals surface area contributed by atoms with E-state index in [1.54, 1.807) is 34.3 Å². The maximum absolute atomic E-state index is 13.2. The molecule has 0 bridgehead atoms. The largest absolute Gasteiger partial charge is 0.308 e. The highest BCUT2D eigenvalue weighted by atomic mass is 32.2. The molecule has 2 aliphatic rings. The summed E-state index contributed by atoms with van der Waals surface area (Å²) in [5.74, 6) is -0.00133. The monoisotopic (exact) mass is 430 g/mol. The fourth-order valence-electron chi connectivity index (χ4n) is 4.29. The summed E-state index contributed by atoms with van der Waals surface area (Å²) in [6, 6.07) is 16.0. The van der Waals surface area contributed by atoms with E-state index in [4.69, 9.17) is 0 Å². The van der Waals surface area contributed by atoms with Crippen molar-refractivity contribution in [1.82, 2.24) is 14.8 Å². The van der Waals surface area contributed by atoms with Crippen LogP contribution in [0.2, 0.25) is 0 Å². The highest BCUT2D eigenvalue weighted by Gasteiger charge is 2.61. The lowest BCUT2D eigenvalue weighted by Crippen LogP contribution is -2.30. The van der Waals surface area contributed by atoms with Gasteiger partial charge in [0, 0.05) is 34.3 Å². The molecule has 2 saturated heterocycles. The second-order valence-corrected chi connectivity index (χ2v) is 8.97. The van der Waals surface area contributed by atoms with Crippen LogP contribution in [-0.4, -0.2) is 39.4 Å². The average molecular weight is 431 g/mol. The Morgan fingerprint density at radius 3 is 2.61 bits per heavy atom. The standard InChI is InChI=1S/C24H19FN4OS/c1-15-13-28(14-26)23-22(15)29(23)24(30)17-4-2-16(3-5-17)20-10-11-27-12-21(20)31-19-8-6-18(25)7-9-19/h2-12,15,22-23H,13H2,1H3/t15?,22-,23?,29?/m1/s1. The molecule has 3 aromatic rings. The van der Waals surface area contributed by atoms with Gasteiger partial charge in [0.15, 0.2) is 6.19 Å². The molecule has 2 aromatic carbocycles. The van der Waals surface area contributed by atoms with Crippen LogP contribution in [-0.2, 0) is 0 Å². The molecule has 31 heavy (non-hydrogen) atoms. The van der Waals surface area contributed by atoms with E-state index in [1.165, 1.54) is 23.9 Å². The number of rotatable bonds is 4. The Morgan fingerprint density at radius 2 is 1.90 bits per heavy atom. The third kappa shape index (κ3) is 3.53. The zero-order valence-corrected chi connectivity index (χ0v) is 17.6. The maximum atomic E-state index is 13.2. The number of nitriles is 1. The molecule has 5 nitrogen and oxygen atoms in total. The molecule has 7 heteroatoms. The normalized spacial score (nSPS) is 21.5. The summed E-state index contributed by atoms with van der Waals surface area (Å²) in [6.07, 6.45) is 5.62. The molecular weight excluding hydrogens is 411 g/mol. The van der Waals surface area contributed by atoms with Crippen LogP contribution >= 0.6 is 11.8 Å². The van der Waals surface area contributed by atoms with E-state index >= 15 is 0 Å². The first-order valence-corrected chi connectivity index (χ1v) is 10.9.